The van der Waals surface area contributed by atoms with Crippen molar-refractivity contribution >= 4 is 28.3 Å². The number of hydrogen-bond donors (Lipinski definition) is 2. The van der Waals surface area contributed by atoms with Gasteiger partial charge in [-0.15, -0.1) is 0 Å². The van der Waals surface area contributed by atoms with Gasteiger partial charge >= 0.3 is 0 Å². The van der Waals surface area contributed by atoms with Crippen LogP contribution in [0.2, 0.25) is 0 Å². The summed E-state index contributed by atoms with van der Waals surface area (Å²) in [7, 11) is 1.55. The molecule has 0 fully saturated rings. The van der Waals surface area contributed by atoms with E-state index in [1.54, 1.807) is 55.6 Å². The van der Waals surface area contributed by atoms with Crippen LogP contribution in [-0.4, -0.2) is 54.9 Å². The van der Waals surface area contributed by atoms with Gasteiger partial charge in [0.25, 0.3) is 11.5 Å². The highest BCUT2D eigenvalue weighted by molar-refractivity contribution is 6.05. The van der Waals surface area contributed by atoms with Crippen molar-refractivity contribution in [1.82, 2.24) is 20.4 Å². The molecule has 196 valence electrons. The van der Waals surface area contributed by atoms with Gasteiger partial charge in [-0.25, -0.2) is 0 Å². The maximum absolute atomic E-state index is 13.1. The molecule has 0 bridgehead atoms. The molecule has 9 heteroatoms. The second-order valence-electron chi connectivity index (χ2n) is 8.61. The van der Waals surface area contributed by atoms with Gasteiger partial charge in [0.15, 0.2) is 5.69 Å². The summed E-state index contributed by atoms with van der Waals surface area (Å²) in [5, 5.41) is 10.6. The second-order valence-corrected chi connectivity index (χ2v) is 8.61. The summed E-state index contributed by atoms with van der Waals surface area (Å²) in [6.07, 6.45) is 0.765. The van der Waals surface area contributed by atoms with Crippen LogP contribution < -0.4 is 25.8 Å². The van der Waals surface area contributed by atoms with Crippen molar-refractivity contribution in [2.45, 2.75) is 13.3 Å². The van der Waals surface area contributed by atoms with Crippen LogP contribution in [0.1, 0.15) is 23.8 Å². The zero-order chi connectivity index (χ0) is 26.9. The van der Waals surface area contributed by atoms with Gasteiger partial charge in [0, 0.05) is 30.7 Å². The van der Waals surface area contributed by atoms with Gasteiger partial charge in [-0.05, 0) is 55.8 Å². The number of benzene rings is 3. The lowest BCUT2D eigenvalue weighted by Crippen LogP contribution is -2.39. The molecular weight excluding hydrogens is 482 g/mol. The van der Waals surface area contributed by atoms with E-state index in [9.17, 15) is 14.4 Å². The Labute approximate surface area is 221 Å². The predicted octanol–water partition coefficient (Wildman–Crippen LogP) is 3.16. The number of carbonyl (C=O) groups is 2. The van der Waals surface area contributed by atoms with Crippen LogP contribution >= 0.6 is 0 Å². The van der Waals surface area contributed by atoms with Crippen LogP contribution in [0.15, 0.2) is 83.7 Å². The van der Waals surface area contributed by atoms with E-state index in [4.69, 9.17) is 4.74 Å². The Hall–Kier alpha value is -4.66. The number of para-hydroxylation sites is 1. The fourth-order valence-electron chi connectivity index (χ4n) is 4.17. The Balaban J connectivity index is 1.39. The Morgan fingerprint density at radius 1 is 0.921 bits per heavy atom. The minimum Gasteiger partial charge on any atom is -0.497 e. The van der Waals surface area contributed by atoms with Gasteiger partial charge in [-0.3, -0.25) is 14.4 Å². The third-order valence-corrected chi connectivity index (χ3v) is 6.18. The minimum atomic E-state index is -0.542. The number of methoxy groups -OCH3 is 1. The van der Waals surface area contributed by atoms with E-state index in [0.717, 1.165) is 25.2 Å². The fraction of sp³-hybridized carbons (Fsp3) is 0.241. The predicted molar refractivity (Wildman–Crippen MR) is 148 cm³/mol. The molecule has 0 aliphatic rings. The third kappa shape index (κ3) is 6.18. The number of rotatable bonds is 11. The molecule has 2 N–H and O–H groups in total. The maximum atomic E-state index is 13.1. The molecule has 0 spiro atoms. The summed E-state index contributed by atoms with van der Waals surface area (Å²) in [4.78, 5) is 40.8. The molecule has 3 aromatic carbocycles. The first kappa shape index (κ1) is 26.4. The van der Waals surface area contributed by atoms with Gasteiger partial charge in [0.1, 0.15) is 5.75 Å². The van der Waals surface area contributed by atoms with Crippen LogP contribution in [-0.2, 0) is 4.79 Å². The third-order valence-electron chi connectivity index (χ3n) is 6.18. The van der Waals surface area contributed by atoms with E-state index in [1.807, 2.05) is 18.2 Å². The number of nitrogens with zero attached hydrogens (tertiary/aromatic N) is 3. The maximum Gasteiger partial charge on any atom is 0.279 e. The lowest BCUT2D eigenvalue weighted by molar-refractivity contribution is -0.120. The molecule has 0 radical (unpaired) electrons. The Morgan fingerprint density at radius 2 is 1.61 bits per heavy atom. The van der Waals surface area contributed by atoms with Crippen molar-refractivity contribution in [2.75, 3.05) is 38.2 Å². The van der Waals surface area contributed by atoms with E-state index in [1.165, 1.54) is 4.68 Å². The summed E-state index contributed by atoms with van der Waals surface area (Å²) < 4.78 is 6.37. The van der Waals surface area contributed by atoms with E-state index in [-0.39, 0.29) is 23.7 Å². The molecule has 0 unspecified atom stereocenters. The molecule has 1 heterocycles. The van der Waals surface area contributed by atoms with Gasteiger partial charge in [0.2, 0.25) is 5.91 Å². The molecule has 2 amide bonds. The Kier molecular flexibility index (Phi) is 8.71. The van der Waals surface area contributed by atoms with Gasteiger partial charge < -0.3 is 20.3 Å². The highest BCUT2D eigenvalue weighted by Gasteiger charge is 2.18. The SMILES string of the molecule is CCN(CCCNC(=O)CNC(=O)c1nn(-c2ccc(OC)cc2)c(=O)c2ccccc12)c1ccccc1. The van der Waals surface area contributed by atoms with Gasteiger partial charge in [-0.1, -0.05) is 36.4 Å². The first-order valence-electron chi connectivity index (χ1n) is 12.5. The first-order chi connectivity index (χ1) is 18.5. The number of nitrogens with one attached hydrogen (secondary N) is 2. The number of hydrogen-bond acceptors (Lipinski definition) is 6. The van der Waals surface area contributed by atoms with Crippen molar-refractivity contribution in [3.05, 3.63) is 94.9 Å². The van der Waals surface area contributed by atoms with E-state index in [2.05, 4.69) is 39.7 Å². The number of amides is 2. The minimum absolute atomic E-state index is 0.0604. The van der Waals surface area contributed by atoms with E-state index in [0.29, 0.717) is 28.8 Å². The van der Waals surface area contributed by atoms with Crippen molar-refractivity contribution in [1.29, 1.82) is 0 Å². The number of ether oxygens (including phenoxy) is 1. The number of aromatic nitrogens is 2. The highest BCUT2D eigenvalue weighted by Crippen LogP contribution is 2.17. The number of fused-ring (bicyclic) bond motifs is 1. The summed E-state index contributed by atoms with van der Waals surface area (Å²) in [5.74, 6) is -0.206. The standard InChI is InChI=1S/C29H31N5O4/c1-3-33(21-10-5-4-6-11-21)19-9-18-30-26(35)20-31-28(36)27-24-12-7-8-13-25(24)29(37)34(32-27)22-14-16-23(38-2)17-15-22/h4-8,10-17H,3,9,18-20H2,1-2H3,(H,30,35)(H,31,36). The summed E-state index contributed by atoms with van der Waals surface area (Å²) in [6.45, 7) is 4.05. The molecule has 0 saturated heterocycles. The Morgan fingerprint density at radius 3 is 2.29 bits per heavy atom. The summed E-state index contributed by atoms with van der Waals surface area (Å²) >= 11 is 0. The molecule has 9 nitrogen and oxygen atoms in total. The largest absolute Gasteiger partial charge is 0.497 e. The number of anilines is 1. The number of carbonyl (C=O) groups excluding carboxylic acids is 2. The molecule has 0 saturated carbocycles. The van der Waals surface area contributed by atoms with Gasteiger partial charge in [-0.2, -0.15) is 9.78 Å². The molecular formula is C29H31N5O4. The molecule has 4 aromatic rings. The molecule has 1 aromatic heterocycles. The normalized spacial score (nSPS) is 10.7. The summed E-state index contributed by atoms with van der Waals surface area (Å²) in [5.41, 5.74) is 1.34. The topological polar surface area (TPSA) is 106 Å². The van der Waals surface area contributed by atoms with E-state index < -0.39 is 5.91 Å². The first-order valence-corrected chi connectivity index (χ1v) is 12.5. The monoisotopic (exact) mass is 513 g/mol. The molecule has 38 heavy (non-hydrogen) atoms. The fourth-order valence-corrected chi connectivity index (χ4v) is 4.17. The van der Waals surface area contributed by atoms with Gasteiger partial charge in [0.05, 0.1) is 24.7 Å². The van der Waals surface area contributed by atoms with Crippen molar-refractivity contribution in [3.8, 4) is 11.4 Å². The van der Waals surface area contributed by atoms with Crippen LogP contribution in [0, 0.1) is 0 Å². The van der Waals surface area contributed by atoms with Crippen molar-refractivity contribution in [3.63, 3.8) is 0 Å². The lowest BCUT2D eigenvalue weighted by atomic mass is 10.1. The quantitative estimate of drug-likeness (QED) is 0.299. The zero-order valence-corrected chi connectivity index (χ0v) is 21.5. The van der Waals surface area contributed by atoms with Crippen LogP contribution in [0.4, 0.5) is 5.69 Å². The molecule has 0 aliphatic heterocycles. The molecule has 4 rings (SSSR count). The average Bonchev–Trinajstić information content (AvgIpc) is 2.97. The van der Waals surface area contributed by atoms with Crippen molar-refractivity contribution < 1.29 is 14.3 Å². The second kappa shape index (κ2) is 12.5. The smallest absolute Gasteiger partial charge is 0.279 e. The van der Waals surface area contributed by atoms with Crippen LogP contribution in [0.3, 0.4) is 0 Å². The van der Waals surface area contributed by atoms with Crippen LogP contribution in [0.25, 0.3) is 16.5 Å². The summed E-state index contributed by atoms with van der Waals surface area (Å²) in [6, 6.07) is 23.7. The Bertz CT molecular complexity index is 1450. The van der Waals surface area contributed by atoms with Crippen molar-refractivity contribution in [2.24, 2.45) is 0 Å². The van der Waals surface area contributed by atoms with Crippen LogP contribution in [0.5, 0.6) is 5.75 Å². The zero-order valence-electron chi connectivity index (χ0n) is 21.5. The molecule has 0 atom stereocenters. The highest BCUT2D eigenvalue weighted by atomic mass is 16.5. The van der Waals surface area contributed by atoms with E-state index >= 15 is 0 Å². The lowest BCUT2D eigenvalue weighted by Gasteiger charge is -2.23. The molecule has 0 aliphatic carbocycles. The average molecular weight is 514 g/mol.